The molecule has 0 radical (unpaired) electrons. The SMILES string of the molecule is COc1cc(C(=O)COC(=O)c2ccc(S(=O)(=O)N3CCCC3)cc2)cc(OC)c1OC. The lowest BCUT2D eigenvalue weighted by molar-refractivity contribution is 0.0474. The molecule has 0 bridgehead atoms. The molecule has 10 heteroatoms. The molecule has 1 aliphatic heterocycles. The summed E-state index contributed by atoms with van der Waals surface area (Å²) in [7, 11) is 0.740. The van der Waals surface area contributed by atoms with Crippen molar-refractivity contribution in [2.24, 2.45) is 0 Å². The van der Waals surface area contributed by atoms with Crippen LogP contribution in [0.25, 0.3) is 0 Å². The number of sulfonamides is 1. The van der Waals surface area contributed by atoms with Crippen molar-refractivity contribution in [1.82, 2.24) is 4.31 Å². The Morgan fingerprint density at radius 3 is 1.94 bits per heavy atom. The number of nitrogens with zero attached hydrogens (tertiary/aromatic N) is 1. The summed E-state index contributed by atoms with van der Waals surface area (Å²) in [6.07, 6.45) is 1.67. The summed E-state index contributed by atoms with van der Waals surface area (Å²) in [5, 5.41) is 0. The van der Waals surface area contributed by atoms with Crippen molar-refractivity contribution in [3.05, 3.63) is 47.5 Å². The third-order valence-electron chi connectivity index (χ3n) is 5.11. The Balaban J connectivity index is 1.67. The van der Waals surface area contributed by atoms with Gasteiger partial charge in [0.25, 0.3) is 0 Å². The van der Waals surface area contributed by atoms with Gasteiger partial charge in [0.1, 0.15) is 0 Å². The second-order valence-electron chi connectivity index (χ2n) is 7.05. The van der Waals surface area contributed by atoms with Crippen LogP contribution in [-0.4, -0.2) is 65.5 Å². The highest BCUT2D eigenvalue weighted by atomic mass is 32.2. The molecular formula is C22H25NO8S. The van der Waals surface area contributed by atoms with Gasteiger partial charge in [-0.1, -0.05) is 0 Å². The zero-order chi connectivity index (χ0) is 23.3. The Morgan fingerprint density at radius 2 is 1.44 bits per heavy atom. The number of carbonyl (C=O) groups is 2. The molecule has 1 saturated heterocycles. The molecule has 1 fully saturated rings. The molecule has 2 aromatic rings. The van der Waals surface area contributed by atoms with Gasteiger partial charge < -0.3 is 18.9 Å². The Hall–Kier alpha value is -3.11. The second kappa shape index (κ2) is 10.0. The topological polar surface area (TPSA) is 108 Å². The summed E-state index contributed by atoms with van der Waals surface area (Å²) < 4.78 is 47.4. The number of Topliss-reactive ketones (excluding diaryl/α,β-unsaturated/α-hetero) is 1. The lowest BCUT2D eigenvalue weighted by atomic mass is 10.1. The van der Waals surface area contributed by atoms with Gasteiger partial charge >= 0.3 is 5.97 Å². The summed E-state index contributed by atoms with van der Waals surface area (Å²) >= 11 is 0. The van der Waals surface area contributed by atoms with Crippen molar-refractivity contribution < 1.29 is 37.0 Å². The van der Waals surface area contributed by atoms with E-state index in [1.54, 1.807) is 0 Å². The van der Waals surface area contributed by atoms with Crippen molar-refractivity contribution >= 4 is 21.8 Å². The first-order chi connectivity index (χ1) is 15.3. The molecule has 1 heterocycles. The van der Waals surface area contributed by atoms with E-state index >= 15 is 0 Å². The van der Waals surface area contributed by atoms with Crippen LogP contribution >= 0.6 is 0 Å². The minimum Gasteiger partial charge on any atom is -0.493 e. The van der Waals surface area contributed by atoms with Crippen LogP contribution in [0.1, 0.15) is 33.6 Å². The number of carbonyl (C=O) groups excluding carboxylic acids is 2. The van der Waals surface area contributed by atoms with E-state index in [-0.39, 0.29) is 16.0 Å². The maximum Gasteiger partial charge on any atom is 0.338 e. The number of esters is 1. The summed E-state index contributed by atoms with van der Waals surface area (Å²) in [6, 6.07) is 8.41. The van der Waals surface area contributed by atoms with Gasteiger partial charge in [-0.05, 0) is 49.2 Å². The lowest BCUT2D eigenvalue weighted by Gasteiger charge is -2.15. The smallest absolute Gasteiger partial charge is 0.338 e. The van der Waals surface area contributed by atoms with Crippen LogP contribution in [0, 0.1) is 0 Å². The molecule has 0 aromatic heterocycles. The van der Waals surface area contributed by atoms with Crippen LogP contribution < -0.4 is 14.2 Å². The van der Waals surface area contributed by atoms with Crippen LogP contribution in [0.5, 0.6) is 17.2 Å². The number of ether oxygens (including phenoxy) is 4. The molecular weight excluding hydrogens is 438 g/mol. The highest BCUT2D eigenvalue weighted by Gasteiger charge is 2.27. The molecule has 0 saturated carbocycles. The molecule has 3 rings (SSSR count). The van der Waals surface area contributed by atoms with Crippen molar-refractivity contribution in [1.29, 1.82) is 0 Å². The third-order valence-corrected chi connectivity index (χ3v) is 7.03. The van der Waals surface area contributed by atoms with Crippen molar-refractivity contribution in [3.63, 3.8) is 0 Å². The van der Waals surface area contributed by atoms with Gasteiger partial charge in [-0.15, -0.1) is 0 Å². The predicted octanol–water partition coefficient (Wildman–Crippen LogP) is 2.54. The van der Waals surface area contributed by atoms with Crippen LogP contribution in [-0.2, 0) is 14.8 Å². The second-order valence-corrected chi connectivity index (χ2v) is 8.99. The minimum atomic E-state index is -3.57. The number of rotatable bonds is 9. The van der Waals surface area contributed by atoms with Crippen LogP contribution in [0.2, 0.25) is 0 Å². The monoisotopic (exact) mass is 463 g/mol. The zero-order valence-corrected chi connectivity index (χ0v) is 18.9. The normalized spacial score (nSPS) is 14.1. The molecule has 32 heavy (non-hydrogen) atoms. The fourth-order valence-corrected chi connectivity index (χ4v) is 4.90. The Kier molecular flexibility index (Phi) is 7.37. The van der Waals surface area contributed by atoms with E-state index in [4.69, 9.17) is 18.9 Å². The van der Waals surface area contributed by atoms with E-state index in [1.165, 1.54) is 62.0 Å². The summed E-state index contributed by atoms with van der Waals surface area (Å²) in [5.74, 6) is -0.262. The van der Waals surface area contributed by atoms with Crippen molar-refractivity contribution in [3.8, 4) is 17.2 Å². The Morgan fingerprint density at radius 1 is 0.875 bits per heavy atom. The molecule has 0 atom stereocenters. The Bertz CT molecular complexity index is 1060. The molecule has 0 unspecified atom stereocenters. The maximum atomic E-state index is 12.6. The summed E-state index contributed by atoms with van der Waals surface area (Å²) in [5.41, 5.74) is 0.363. The number of hydrogen-bond donors (Lipinski definition) is 0. The van der Waals surface area contributed by atoms with Crippen molar-refractivity contribution in [2.45, 2.75) is 17.7 Å². The molecule has 0 amide bonds. The number of methoxy groups -OCH3 is 3. The number of benzene rings is 2. The van der Waals surface area contributed by atoms with Crippen LogP contribution in [0.3, 0.4) is 0 Å². The first kappa shape index (κ1) is 23.6. The first-order valence-corrected chi connectivity index (χ1v) is 11.4. The predicted molar refractivity (Wildman–Crippen MR) is 115 cm³/mol. The molecule has 0 aliphatic carbocycles. The van der Waals surface area contributed by atoms with Gasteiger partial charge in [0, 0.05) is 18.7 Å². The van der Waals surface area contributed by atoms with Gasteiger partial charge in [-0.25, -0.2) is 13.2 Å². The standard InChI is InChI=1S/C22H25NO8S/c1-28-19-12-16(13-20(29-2)21(19)30-3)18(24)14-31-22(25)15-6-8-17(9-7-15)32(26,27)23-10-4-5-11-23/h6-9,12-13H,4-5,10-11,14H2,1-3H3. The maximum absolute atomic E-state index is 12.6. The van der Waals surface area contributed by atoms with Gasteiger partial charge in [-0.3, -0.25) is 4.79 Å². The van der Waals surface area contributed by atoms with E-state index < -0.39 is 28.4 Å². The lowest BCUT2D eigenvalue weighted by Crippen LogP contribution is -2.27. The summed E-state index contributed by atoms with van der Waals surface area (Å²) in [4.78, 5) is 25.0. The zero-order valence-electron chi connectivity index (χ0n) is 18.1. The van der Waals surface area contributed by atoms with Gasteiger partial charge in [0.2, 0.25) is 21.6 Å². The fraction of sp³-hybridized carbons (Fsp3) is 0.364. The van der Waals surface area contributed by atoms with E-state index in [0.29, 0.717) is 30.3 Å². The quantitative estimate of drug-likeness (QED) is 0.412. The molecule has 1 aliphatic rings. The molecule has 0 N–H and O–H groups in total. The van der Waals surface area contributed by atoms with Crippen molar-refractivity contribution in [2.75, 3.05) is 41.0 Å². The highest BCUT2D eigenvalue weighted by molar-refractivity contribution is 7.89. The largest absolute Gasteiger partial charge is 0.493 e. The molecule has 9 nitrogen and oxygen atoms in total. The Labute approximate surface area is 186 Å². The van der Waals surface area contributed by atoms with E-state index in [9.17, 15) is 18.0 Å². The average molecular weight is 464 g/mol. The van der Waals surface area contributed by atoms with Gasteiger partial charge in [0.15, 0.2) is 18.1 Å². The molecule has 0 spiro atoms. The molecule has 172 valence electrons. The number of hydrogen-bond acceptors (Lipinski definition) is 8. The molecule has 2 aromatic carbocycles. The average Bonchev–Trinajstić information content (AvgIpc) is 3.37. The minimum absolute atomic E-state index is 0.115. The van der Waals surface area contributed by atoms with E-state index in [0.717, 1.165) is 12.8 Å². The number of ketones is 1. The van der Waals surface area contributed by atoms with Gasteiger partial charge in [0.05, 0.1) is 31.8 Å². The third kappa shape index (κ3) is 4.86. The van der Waals surface area contributed by atoms with Crippen LogP contribution in [0.15, 0.2) is 41.3 Å². The first-order valence-electron chi connectivity index (χ1n) is 9.92. The van der Waals surface area contributed by atoms with Gasteiger partial charge in [-0.2, -0.15) is 4.31 Å². The van der Waals surface area contributed by atoms with Crippen LogP contribution in [0.4, 0.5) is 0 Å². The highest BCUT2D eigenvalue weighted by Crippen LogP contribution is 2.38. The van der Waals surface area contributed by atoms with E-state index in [1.807, 2.05) is 0 Å². The fourth-order valence-electron chi connectivity index (χ4n) is 3.38. The summed E-state index contributed by atoms with van der Waals surface area (Å²) in [6.45, 7) is 0.482. The van der Waals surface area contributed by atoms with E-state index in [2.05, 4.69) is 0 Å².